The number of anilines is 1. The first kappa shape index (κ1) is 11.9. The molecule has 0 saturated heterocycles. The molecule has 0 fully saturated rings. The lowest BCUT2D eigenvalue weighted by Crippen LogP contribution is -1.97. The maximum absolute atomic E-state index is 10.8. The van der Waals surface area contributed by atoms with Crippen molar-refractivity contribution in [3.63, 3.8) is 0 Å². The Kier molecular flexibility index (Phi) is 4.22. The number of benzene rings is 1. The van der Waals surface area contributed by atoms with Crippen LogP contribution in [0.25, 0.3) is 0 Å². The normalized spacial score (nSPS) is 8.88. The molecule has 16 heavy (non-hydrogen) atoms. The van der Waals surface area contributed by atoms with Crippen molar-refractivity contribution in [2.24, 2.45) is 0 Å². The standard InChI is InChI=1S/C12H13NO3/c1-15-11-7-9(6-10(13)8-11)4-3-5-12(14)16-2/h6-8H,5,13H2,1-2H3. The second-order valence-electron chi connectivity index (χ2n) is 3.05. The summed E-state index contributed by atoms with van der Waals surface area (Å²) in [5, 5.41) is 0. The number of hydrogen-bond donors (Lipinski definition) is 1. The Labute approximate surface area is 94.3 Å². The topological polar surface area (TPSA) is 61.5 Å². The fraction of sp³-hybridized carbons (Fsp3) is 0.250. The fourth-order valence-corrected chi connectivity index (χ4v) is 1.10. The molecule has 1 aromatic carbocycles. The molecule has 0 saturated carbocycles. The molecule has 0 amide bonds. The average Bonchev–Trinajstić information content (AvgIpc) is 2.28. The van der Waals surface area contributed by atoms with E-state index in [1.54, 1.807) is 25.3 Å². The Bertz CT molecular complexity index is 443. The summed E-state index contributed by atoms with van der Waals surface area (Å²) in [5.41, 5.74) is 6.93. The predicted octanol–water partition coefficient (Wildman–Crippen LogP) is 1.19. The van der Waals surface area contributed by atoms with Crippen LogP contribution in [0, 0.1) is 11.8 Å². The Morgan fingerprint density at radius 1 is 1.38 bits per heavy atom. The fourth-order valence-electron chi connectivity index (χ4n) is 1.10. The van der Waals surface area contributed by atoms with Gasteiger partial charge in [-0.05, 0) is 12.1 Å². The number of carbonyl (C=O) groups excluding carboxylic acids is 1. The van der Waals surface area contributed by atoms with Gasteiger partial charge in [0.2, 0.25) is 0 Å². The molecular formula is C12H13NO3. The summed E-state index contributed by atoms with van der Waals surface area (Å²) in [5.74, 6) is 5.79. The molecule has 84 valence electrons. The van der Waals surface area contributed by atoms with Crippen molar-refractivity contribution in [3.05, 3.63) is 23.8 Å². The summed E-state index contributed by atoms with van der Waals surface area (Å²) in [6.45, 7) is 0. The van der Waals surface area contributed by atoms with E-state index in [9.17, 15) is 4.79 Å². The van der Waals surface area contributed by atoms with Crippen LogP contribution in [0.1, 0.15) is 12.0 Å². The number of carbonyl (C=O) groups is 1. The lowest BCUT2D eigenvalue weighted by atomic mass is 10.2. The van der Waals surface area contributed by atoms with Crippen LogP contribution in [0.4, 0.5) is 5.69 Å². The summed E-state index contributed by atoms with van der Waals surface area (Å²) in [6.07, 6.45) is 0.0631. The third kappa shape index (κ3) is 3.54. The zero-order valence-electron chi connectivity index (χ0n) is 9.24. The van der Waals surface area contributed by atoms with Crippen molar-refractivity contribution in [1.82, 2.24) is 0 Å². The second kappa shape index (κ2) is 5.66. The molecule has 4 nitrogen and oxygen atoms in total. The Morgan fingerprint density at radius 3 is 2.75 bits per heavy atom. The van der Waals surface area contributed by atoms with E-state index in [0.717, 1.165) is 0 Å². The van der Waals surface area contributed by atoms with Crippen molar-refractivity contribution in [2.75, 3.05) is 20.0 Å². The lowest BCUT2D eigenvalue weighted by molar-refractivity contribution is -0.139. The summed E-state index contributed by atoms with van der Waals surface area (Å²) < 4.78 is 9.51. The van der Waals surface area contributed by atoms with Crippen LogP contribution in [-0.4, -0.2) is 20.2 Å². The molecule has 1 aromatic rings. The second-order valence-corrected chi connectivity index (χ2v) is 3.05. The Balaban J connectivity index is 2.80. The summed E-state index contributed by atoms with van der Waals surface area (Å²) in [7, 11) is 2.88. The molecule has 0 aliphatic carbocycles. The van der Waals surface area contributed by atoms with Crippen LogP contribution in [0.15, 0.2) is 18.2 Å². The maximum Gasteiger partial charge on any atom is 0.317 e. The zero-order valence-corrected chi connectivity index (χ0v) is 9.24. The molecule has 0 radical (unpaired) electrons. The van der Waals surface area contributed by atoms with E-state index in [1.165, 1.54) is 7.11 Å². The number of esters is 1. The van der Waals surface area contributed by atoms with Crippen molar-refractivity contribution in [1.29, 1.82) is 0 Å². The van der Waals surface area contributed by atoms with Crippen LogP contribution in [0.5, 0.6) is 5.75 Å². The van der Waals surface area contributed by atoms with Gasteiger partial charge in [0.05, 0.1) is 14.2 Å². The van der Waals surface area contributed by atoms with Gasteiger partial charge in [0.1, 0.15) is 12.2 Å². The van der Waals surface area contributed by atoms with Crippen LogP contribution >= 0.6 is 0 Å². The number of hydrogen-bond acceptors (Lipinski definition) is 4. The first-order valence-corrected chi connectivity index (χ1v) is 4.66. The van der Waals surface area contributed by atoms with E-state index in [2.05, 4.69) is 16.6 Å². The zero-order chi connectivity index (χ0) is 12.0. The molecule has 0 atom stereocenters. The van der Waals surface area contributed by atoms with Crippen molar-refractivity contribution in [3.8, 4) is 17.6 Å². The molecule has 0 aromatic heterocycles. The molecular weight excluding hydrogens is 206 g/mol. The molecule has 4 heteroatoms. The van der Waals surface area contributed by atoms with Gasteiger partial charge < -0.3 is 15.2 Å². The van der Waals surface area contributed by atoms with E-state index in [0.29, 0.717) is 17.0 Å². The highest BCUT2D eigenvalue weighted by Gasteiger charge is 1.97. The summed E-state index contributed by atoms with van der Waals surface area (Å²) >= 11 is 0. The third-order valence-corrected chi connectivity index (χ3v) is 1.86. The van der Waals surface area contributed by atoms with Gasteiger partial charge in [0.15, 0.2) is 0 Å². The minimum atomic E-state index is -0.358. The molecule has 1 rings (SSSR count). The highest BCUT2D eigenvalue weighted by molar-refractivity contribution is 5.72. The van der Waals surface area contributed by atoms with Gasteiger partial charge in [-0.3, -0.25) is 4.79 Å². The molecule has 0 aliphatic rings. The van der Waals surface area contributed by atoms with Gasteiger partial charge in [0.25, 0.3) is 0 Å². The Hall–Kier alpha value is -2.15. The predicted molar refractivity (Wildman–Crippen MR) is 60.9 cm³/mol. The van der Waals surface area contributed by atoms with Gasteiger partial charge in [-0.2, -0.15) is 0 Å². The SMILES string of the molecule is COC(=O)CC#Cc1cc(N)cc(OC)c1. The van der Waals surface area contributed by atoms with Crippen LogP contribution in [0.2, 0.25) is 0 Å². The van der Waals surface area contributed by atoms with Crippen LogP contribution in [-0.2, 0) is 9.53 Å². The number of nitrogen functional groups attached to an aromatic ring is 1. The van der Waals surface area contributed by atoms with Crippen molar-refractivity contribution >= 4 is 11.7 Å². The first-order valence-electron chi connectivity index (χ1n) is 4.66. The van der Waals surface area contributed by atoms with Crippen LogP contribution < -0.4 is 10.5 Å². The van der Waals surface area contributed by atoms with Crippen LogP contribution in [0.3, 0.4) is 0 Å². The minimum absolute atomic E-state index is 0.0631. The van der Waals surface area contributed by atoms with Gasteiger partial charge in [0, 0.05) is 17.3 Å². The van der Waals surface area contributed by atoms with E-state index in [-0.39, 0.29) is 12.4 Å². The number of methoxy groups -OCH3 is 2. The molecule has 0 unspecified atom stereocenters. The smallest absolute Gasteiger partial charge is 0.317 e. The summed E-state index contributed by atoms with van der Waals surface area (Å²) in [4.78, 5) is 10.8. The number of nitrogens with two attached hydrogens (primary N) is 1. The number of ether oxygens (including phenoxy) is 2. The summed E-state index contributed by atoms with van der Waals surface area (Å²) in [6, 6.07) is 5.17. The highest BCUT2D eigenvalue weighted by atomic mass is 16.5. The van der Waals surface area contributed by atoms with Gasteiger partial charge >= 0.3 is 5.97 Å². The monoisotopic (exact) mass is 219 g/mol. The van der Waals surface area contributed by atoms with Crippen molar-refractivity contribution < 1.29 is 14.3 Å². The molecule has 0 spiro atoms. The number of rotatable bonds is 2. The lowest BCUT2D eigenvalue weighted by Gasteiger charge is -2.01. The Morgan fingerprint density at radius 2 is 2.12 bits per heavy atom. The van der Waals surface area contributed by atoms with Gasteiger partial charge in [-0.25, -0.2) is 0 Å². The molecule has 0 bridgehead atoms. The molecule has 0 aliphatic heterocycles. The minimum Gasteiger partial charge on any atom is -0.497 e. The van der Waals surface area contributed by atoms with E-state index in [1.807, 2.05) is 0 Å². The van der Waals surface area contributed by atoms with Gasteiger partial charge in [-0.15, -0.1) is 0 Å². The molecule has 0 heterocycles. The highest BCUT2D eigenvalue weighted by Crippen LogP contribution is 2.17. The third-order valence-electron chi connectivity index (χ3n) is 1.86. The maximum atomic E-state index is 10.8. The first-order chi connectivity index (χ1) is 7.65. The average molecular weight is 219 g/mol. The van der Waals surface area contributed by atoms with E-state index < -0.39 is 0 Å². The largest absolute Gasteiger partial charge is 0.497 e. The van der Waals surface area contributed by atoms with Gasteiger partial charge in [-0.1, -0.05) is 11.8 Å². The van der Waals surface area contributed by atoms with E-state index >= 15 is 0 Å². The van der Waals surface area contributed by atoms with E-state index in [4.69, 9.17) is 10.5 Å². The quantitative estimate of drug-likeness (QED) is 0.461. The van der Waals surface area contributed by atoms with Crippen molar-refractivity contribution in [2.45, 2.75) is 6.42 Å². The molecule has 2 N–H and O–H groups in total.